The predicted octanol–water partition coefficient (Wildman–Crippen LogP) is 5.33. The smallest absolute Gasteiger partial charge is 0.109 e. The monoisotopic (exact) mass is 341 g/mol. The van der Waals surface area contributed by atoms with Gasteiger partial charge >= 0.3 is 0 Å². The zero-order chi connectivity index (χ0) is 12.6. The molecule has 0 aliphatic rings. The van der Waals surface area contributed by atoms with Crippen molar-refractivity contribution in [3.05, 3.63) is 36.4 Å². The van der Waals surface area contributed by atoms with E-state index >= 15 is 0 Å². The molecule has 4 heteroatoms. The van der Waals surface area contributed by atoms with E-state index in [1.54, 1.807) is 7.05 Å². The maximum Gasteiger partial charge on any atom is 0.109 e. The largest absolute Gasteiger partial charge is 0.659 e. The fraction of sp³-hybridized carbons (Fsp3) is 0.667. The van der Waals surface area contributed by atoms with Gasteiger partial charge in [0.1, 0.15) is 5.76 Å². The molecule has 1 aromatic heterocycles. The molecule has 1 rings (SSSR count). The summed E-state index contributed by atoms with van der Waals surface area (Å²) in [6.07, 6.45) is 2.34. The van der Waals surface area contributed by atoms with E-state index in [1.165, 1.54) is 6.42 Å². The van der Waals surface area contributed by atoms with Crippen LogP contribution in [-0.2, 0) is 49.1 Å². The molecule has 0 saturated carbocycles. The van der Waals surface area contributed by atoms with Gasteiger partial charge in [0.05, 0.1) is 5.76 Å². The first-order chi connectivity index (χ1) is 7.60. The first-order valence-corrected chi connectivity index (χ1v) is 6.25. The second-order valence-electron chi connectivity index (χ2n) is 4.37. The van der Waals surface area contributed by atoms with Gasteiger partial charge in [-0.25, -0.2) is 0 Å². The molecule has 0 atom stereocenters. The number of nitrogens with zero attached hydrogens (tertiary/aromatic N) is 1. The van der Waals surface area contributed by atoms with Crippen molar-refractivity contribution in [2.24, 2.45) is 0 Å². The van der Waals surface area contributed by atoms with Crippen molar-refractivity contribution in [2.45, 2.75) is 59.4 Å². The first kappa shape index (κ1) is 27.7. The third-order valence-corrected chi connectivity index (χ3v) is 2.52. The molecule has 1 aromatic rings. The Hall–Kier alpha value is 0.409. The van der Waals surface area contributed by atoms with Crippen molar-refractivity contribution in [3.63, 3.8) is 0 Å². The molecule has 0 amide bonds. The molecule has 0 aliphatic carbocycles. The van der Waals surface area contributed by atoms with E-state index in [2.05, 4.69) is 32.2 Å². The Kier molecular flexibility index (Phi) is 21.6. The maximum atomic E-state index is 5.75. The van der Waals surface area contributed by atoms with Crippen LogP contribution in [0.25, 0.3) is 5.32 Å². The van der Waals surface area contributed by atoms with Crippen molar-refractivity contribution < 1.29 is 41.5 Å². The molecule has 0 fully saturated rings. The molecule has 0 saturated heterocycles. The zero-order valence-corrected chi connectivity index (χ0v) is 16.3. The van der Waals surface area contributed by atoms with E-state index in [0.717, 1.165) is 17.9 Å². The minimum absolute atomic E-state index is 0. The van der Waals surface area contributed by atoms with Crippen molar-refractivity contribution in [3.8, 4) is 0 Å². The van der Waals surface area contributed by atoms with Crippen LogP contribution in [0.15, 0.2) is 16.5 Å². The quantitative estimate of drug-likeness (QED) is 0.665. The van der Waals surface area contributed by atoms with E-state index in [9.17, 15) is 0 Å². The maximum absolute atomic E-state index is 5.75. The standard InChI is InChI=1S/C12H20NO.C2H6.CH3.2V/c1-5-8-12(2,3)11-7-6-10(14-11)9-13-4;1-2;;;/h6-7H,5,8-9H2,1-4H3;1-2H3;1H3;;/q-1;;-1;;. The molecule has 2 radical (unpaired) electrons. The predicted molar refractivity (Wildman–Crippen MR) is 77.4 cm³/mol. The van der Waals surface area contributed by atoms with Gasteiger partial charge in [0.15, 0.2) is 0 Å². The average molecular weight is 341 g/mol. The molecule has 0 spiro atoms. The molecule has 112 valence electrons. The summed E-state index contributed by atoms with van der Waals surface area (Å²) in [5.41, 5.74) is 0.154. The minimum atomic E-state index is 0. The Morgan fingerprint density at radius 3 is 2.11 bits per heavy atom. The Morgan fingerprint density at radius 2 is 1.68 bits per heavy atom. The summed E-state index contributed by atoms with van der Waals surface area (Å²) in [7, 11) is 1.80. The summed E-state index contributed by atoms with van der Waals surface area (Å²) in [4.78, 5) is 0. The Bertz CT molecular complexity index is 285. The second-order valence-corrected chi connectivity index (χ2v) is 4.37. The third kappa shape index (κ3) is 9.87. The number of hydrogen-bond donors (Lipinski definition) is 0. The van der Waals surface area contributed by atoms with Gasteiger partial charge < -0.3 is 17.2 Å². The summed E-state index contributed by atoms with van der Waals surface area (Å²) >= 11 is 0. The van der Waals surface area contributed by atoms with Crippen LogP contribution >= 0.6 is 0 Å². The molecule has 0 aromatic carbocycles. The summed E-state index contributed by atoms with van der Waals surface area (Å²) in [5.74, 6) is 2.05. The van der Waals surface area contributed by atoms with Gasteiger partial charge in [-0.3, -0.25) is 0 Å². The summed E-state index contributed by atoms with van der Waals surface area (Å²) in [6.45, 7) is 11.3. The van der Waals surface area contributed by atoms with Gasteiger partial charge in [-0.15, -0.1) is 0 Å². The number of rotatable bonds is 5. The van der Waals surface area contributed by atoms with Crippen LogP contribution in [0.5, 0.6) is 0 Å². The van der Waals surface area contributed by atoms with E-state index in [4.69, 9.17) is 4.42 Å². The van der Waals surface area contributed by atoms with Gasteiger partial charge in [0.25, 0.3) is 0 Å². The van der Waals surface area contributed by atoms with E-state index in [1.807, 2.05) is 19.9 Å². The molecular formula is C15H29NOV2-2. The van der Waals surface area contributed by atoms with Crippen molar-refractivity contribution in [1.82, 2.24) is 0 Å². The molecular weight excluding hydrogens is 312 g/mol. The van der Waals surface area contributed by atoms with Gasteiger partial charge in [-0.1, -0.05) is 47.6 Å². The van der Waals surface area contributed by atoms with E-state index in [0.29, 0.717) is 6.54 Å². The van der Waals surface area contributed by atoms with Crippen molar-refractivity contribution in [2.75, 3.05) is 7.05 Å². The van der Waals surface area contributed by atoms with Crippen molar-refractivity contribution in [1.29, 1.82) is 0 Å². The zero-order valence-electron chi connectivity index (χ0n) is 13.5. The topological polar surface area (TPSA) is 27.2 Å². The normalized spacial score (nSPS) is 9.16. The molecule has 1 heterocycles. The fourth-order valence-electron chi connectivity index (χ4n) is 1.73. The first-order valence-electron chi connectivity index (χ1n) is 6.25. The van der Waals surface area contributed by atoms with Gasteiger partial charge in [0.2, 0.25) is 0 Å². The average Bonchev–Trinajstić information content (AvgIpc) is 2.71. The fourth-order valence-corrected chi connectivity index (χ4v) is 1.73. The third-order valence-electron chi connectivity index (χ3n) is 2.52. The van der Waals surface area contributed by atoms with Crippen LogP contribution in [0.4, 0.5) is 0 Å². The molecule has 0 bridgehead atoms. The van der Waals surface area contributed by atoms with Crippen LogP contribution in [-0.4, -0.2) is 7.05 Å². The van der Waals surface area contributed by atoms with Gasteiger partial charge in [-0.2, -0.15) is 7.05 Å². The second kappa shape index (κ2) is 14.8. The van der Waals surface area contributed by atoms with Crippen LogP contribution in [0.3, 0.4) is 0 Å². The summed E-state index contributed by atoms with van der Waals surface area (Å²) < 4.78 is 5.75. The number of furan rings is 1. The Balaban J connectivity index is -0.000000214. The van der Waals surface area contributed by atoms with Gasteiger partial charge in [0, 0.05) is 42.5 Å². The van der Waals surface area contributed by atoms with Crippen LogP contribution < -0.4 is 0 Å². The molecule has 0 unspecified atom stereocenters. The Labute approximate surface area is 144 Å². The number of hydrogen-bond acceptors (Lipinski definition) is 1. The minimum Gasteiger partial charge on any atom is -0.659 e. The summed E-state index contributed by atoms with van der Waals surface area (Å²) in [5, 5.41) is 4.05. The molecule has 19 heavy (non-hydrogen) atoms. The van der Waals surface area contributed by atoms with E-state index < -0.39 is 0 Å². The van der Waals surface area contributed by atoms with Crippen LogP contribution in [0, 0.1) is 7.43 Å². The molecule has 2 nitrogen and oxygen atoms in total. The van der Waals surface area contributed by atoms with Crippen LogP contribution in [0.2, 0.25) is 0 Å². The van der Waals surface area contributed by atoms with Crippen molar-refractivity contribution >= 4 is 0 Å². The van der Waals surface area contributed by atoms with Gasteiger partial charge in [-0.05, 0) is 18.6 Å². The molecule has 0 aliphatic heterocycles. The SMILES string of the molecule is CC.CCCC(C)(C)c1ccc(C[N-]C)o1.[CH3-].[V].[V]. The van der Waals surface area contributed by atoms with Crippen LogP contribution in [0.1, 0.15) is 59.0 Å². The molecule has 0 N–H and O–H groups in total. The Morgan fingerprint density at radius 1 is 1.16 bits per heavy atom. The summed E-state index contributed by atoms with van der Waals surface area (Å²) in [6, 6.07) is 4.11. The van der Waals surface area contributed by atoms with E-state index in [-0.39, 0.29) is 50.0 Å².